The lowest BCUT2D eigenvalue weighted by atomic mass is 10.1. The Kier molecular flexibility index (Phi) is 4.14. The Bertz CT molecular complexity index is 728. The van der Waals surface area contributed by atoms with Crippen LogP contribution in [0, 0.1) is 11.6 Å². The number of hydrogen-bond donors (Lipinski definition) is 2. The van der Waals surface area contributed by atoms with Crippen LogP contribution in [0.1, 0.15) is 17.9 Å². The van der Waals surface area contributed by atoms with Gasteiger partial charge in [-0.1, -0.05) is 12.1 Å². The van der Waals surface area contributed by atoms with E-state index in [1.165, 1.54) is 18.2 Å². The smallest absolute Gasteiger partial charge is 0.193 e. The average Bonchev–Trinajstić information content (AvgIpc) is 3.25. The molecule has 2 unspecified atom stereocenters. The van der Waals surface area contributed by atoms with E-state index in [2.05, 4.69) is 10.3 Å². The van der Waals surface area contributed by atoms with Gasteiger partial charge in [-0.3, -0.25) is 0 Å². The van der Waals surface area contributed by atoms with Crippen molar-refractivity contribution in [2.24, 2.45) is 10.7 Å². The van der Waals surface area contributed by atoms with Crippen LogP contribution in [0.2, 0.25) is 0 Å². The quantitative estimate of drug-likeness (QED) is 0.672. The van der Waals surface area contributed by atoms with E-state index in [0.717, 1.165) is 5.69 Å². The van der Waals surface area contributed by atoms with Gasteiger partial charge < -0.3 is 15.8 Å². The molecule has 0 aliphatic heterocycles. The highest BCUT2D eigenvalue weighted by molar-refractivity contribution is 5.92. The molecule has 0 radical (unpaired) electrons. The molecule has 2 aromatic rings. The Morgan fingerprint density at radius 1 is 1.22 bits per heavy atom. The third-order valence-corrected chi connectivity index (χ3v) is 3.77. The van der Waals surface area contributed by atoms with Gasteiger partial charge in [-0.2, -0.15) is 0 Å². The maximum atomic E-state index is 13.7. The molecule has 3 N–H and O–H groups in total. The summed E-state index contributed by atoms with van der Waals surface area (Å²) in [5, 5.41) is 2.95. The van der Waals surface area contributed by atoms with E-state index in [1.54, 1.807) is 13.2 Å². The molecule has 0 aromatic heterocycles. The van der Waals surface area contributed by atoms with Crippen LogP contribution in [0.3, 0.4) is 0 Å². The molecule has 1 aliphatic rings. The molecule has 0 spiro atoms. The van der Waals surface area contributed by atoms with E-state index in [1.807, 2.05) is 18.2 Å². The van der Waals surface area contributed by atoms with E-state index < -0.39 is 11.6 Å². The molecule has 1 saturated carbocycles. The van der Waals surface area contributed by atoms with Gasteiger partial charge in [0.25, 0.3) is 0 Å². The predicted molar refractivity (Wildman–Crippen MR) is 85.7 cm³/mol. The zero-order chi connectivity index (χ0) is 16.4. The number of rotatable bonds is 4. The summed E-state index contributed by atoms with van der Waals surface area (Å²) in [5.41, 5.74) is 6.69. The number of nitrogens with one attached hydrogen (secondary N) is 1. The van der Waals surface area contributed by atoms with Crippen molar-refractivity contribution >= 4 is 11.6 Å². The van der Waals surface area contributed by atoms with Gasteiger partial charge in [0.15, 0.2) is 5.96 Å². The second kappa shape index (κ2) is 6.24. The molecular weight excluding hydrogens is 300 g/mol. The summed E-state index contributed by atoms with van der Waals surface area (Å²) in [6, 6.07) is 10.9. The summed E-state index contributed by atoms with van der Waals surface area (Å²) in [6.45, 7) is 0. The van der Waals surface area contributed by atoms with Crippen molar-refractivity contribution in [3.8, 4) is 5.75 Å². The zero-order valence-electron chi connectivity index (χ0n) is 12.6. The topological polar surface area (TPSA) is 59.6 Å². The van der Waals surface area contributed by atoms with Crippen LogP contribution >= 0.6 is 0 Å². The first-order valence-corrected chi connectivity index (χ1v) is 7.26. The Morgan fingerprint density at radius 3 is 2.61 bits per heavy atom. The molecular formula is C17H17F2N3O. The number of methoxy groups -OCH3 is 1. The Labute approximate surface area is 133 Å². The molecule has 1 fully saturated rings. The van der Waals surface area contributed by atoms with Crippen LogP contribution in [0.25, 0.3) is 0 Å². The molecule has 3 rings (SSSR count). The van der Waals surface area contributed by atoms with E-state index >= 15 is 0 Å². The van der Waals surface area contributed by atoms with Gasteiger partial charge in [-0.25, -0.2) is 13.8 Å². The zero-order valence-corrected chi connectivity index (χ0v) is 12.6. The van der Waals surface area contributed by atoms with Crippen LogP contribution in [0.15, 0.2) is 47.5 Å². The third kappa shape index (κ3) is 3.41. The minimum absolute atomic E-state index is 0.0930. The SMILES string of the molecule is COc1cccc(NC(N)=NC2CC2c2c(F)cccc2F)c1. The van der Waals surface area contributed by atoms with E-state index in [0.29, 0.717) is 12.2 Å². The van der Waals surface area contributed by atoms with Crippen LogP contribution < -0.4 is 15.8 Å². The Morgan fingerprint density at radius 2 is 1.91 bits per heavy atom. The van der Waals surface area contributed by atoms with Crippen LogP contribution in [0.5, 0.6) is 5.75 Å². The number of benzene rings is 2. The first kappa shape index (κ1) is 15.3. The van der Waals surface area contributed by atoms with Gasteiger partial charge in [0.2, 0.25) is 0 Å². The number of hydrogen-bond acceptors (Lipinski definition) is 2. The lowest BCUT2D eigenvalue weighted by Crippen LogP contribution is -2.23. The van der Waals surface area contributed by atoms with E-state index in [-0.39, 0.29) is 23.5 Å². The van der Waals surface area contributed by atoms with Crippen molar-refractivity contribution in [1.82, 2.24) is 0 Å². The second-order valence-electron chi connectivity index (χ2n) is 5.42. The van der Waals surface area contributed by atoms with Gasteiger partial charge in [-0.05, 0) is 30.7 Å². The van der Waals surface area contributed by atoms with Crippen LogP contribution in [-0.4, -0.2) is 19.1 Å². The van der Waals surface area contributed by atoms with Crippen molar-refractivity contribution in [3.63, 3.8) is 0 Å². The van der Waals surface area contributed by atoms with Gasteiger partial charge in [0.05, 0.1) is 13.2 Å². The van der Waals surface area contributed by atoms with Crippen molar-refractivity contribution in [2.45, 2.75) is 18.4 Å². The fraction of sp³-hybridized carbons (Fsp3) is 0.235. The number of anilines is 1. The lowest BCUT2D eigenvalue weighted by molar-refractivity contribution is 0.415. The van der Waals surface area contributed by atoms with E-state index in [4.69, 9.17) is 10.5 Å². The van der Waals surface area contributed by atoms with Crippen LogP contribution in [0.4, 0.5) is 14.5 Å². The van der Waals surface area contributed by atoms with Gasteiger partial charge >= 0.3 is 0 Å². The molecule has 2 atom stereocenters. The van der Waals surface area contributed by atoms with Crippen molar-refractivity contribution in [1.29, 1.82) is 0 Å². The van der Waals surface area contributed by atoms with Crippen molar-refractivity contribution in [3.05, 3.63) is 59.7 Å². The fourth-order valence-electron chi connectivity index (χ4n) is 2.56. The number of halogens is 2. The second-order valence-corrected chi connectivity index (χ2v) is 5.42. The summed E-state index contributed by atoms with van der Waals surface area (Å²) in [6.07, 6.45) is 0.582. The molecule has 1 aliphatic carbocycles. The van der Waals surface area contributed by atoms with Crippen molar-refractivity contribution in [2.75, 3.05) is 12.4 Å². The van der Waals surface area contributed by atoms with E-state index in [9.17, 15) is 8.78 Å². The molecule has 0 bridgehead atoms. The first-order valence-electron chi connectivity index (χ1n) is 7.26. The molecule has 0 saturated heterocycles. The summed E-state index contributed by atoms with van der Waals surface area (Å²) in [7, 11) is 1.58. The highest BCUT2D eigenvalue weighted by atomic mass is 19.1. The molecule has 4 nitrogen and oxygen atoms in total. The third-order valence-electron chi connectivity index (χ3n) is 3.77. The monoisotopic (exact) mass is 317 g/mol. The number of nitrogens with zero attached hydrogens (tertiary/aromatic N) is 1. The number of guanidine groups is 1. The van der Waals surface area contributed by atoms with Gasteiger partial charge in [-0.15, -0.1) is 0 Å². The van der Waals surface area contributed by atoms with Crippen molar-refractivity contribution < 1.29 is 13.5 Å². The summed E-state index contributed by atoms with van der Waals surface area (Å²) in [4.78, 5) is 4.29. The number of aliphatic imine (C=N–C) groups is 1. The minimum Gasteiger partial charge on any atom is -0.497 e. The lowest BCUT2D eigenvalue weighted by Gasteiger charge is -2.07. The maximum absolute atomic E-state index is 13.7. The summed E-state index contributed by atoms with van der Waals surface area (Å²) in [5.74, 6) is -0.427. The fourth-order valence-corrected chi connectivity index (χ4v) is 2.56. The minimum atomic E-state index is -0.535. The highest BCUT2D eigenvalue weighted by Crippen LogP contribution is 2.45. The Hall–Kier alpha value is -2.63. The molecule has 2 aromatic carbocycles. The van der Waals surface area contributed by atoms with Gasteiger partial charge in [0.1, 0.15) is 17.4 Å². The molecule has 6 heteroatoms. The Balaban J connectivity index is 1.68. The molecule has 120 valence electrons. The molecule has 23 heavy (non-hydrogen) atoms. The number of nitrogens with two attached hydrogens (primary N) is 1. The maximum Gasteiger partial charge on any atom is 0.193 e. The first-order chi connectivity index (χ1) is 11.1. The largest absolute Gasteiger partial charge is 0.497 e. The molecule has 0 heterocycles. The highest BCUT2D eigenvalue weighted by Gasteiger charge is 2.42. The van der Waals surface area contributed by atoms with Gasteiger partial charge in [0, 0.05) is 23.2 Å². The number of ether oxygens (including phenoxy) is 1. The summed E-state index contributed by atoms with van der Waals surface area (Å²) < 4.78 is 32.6. The summed E-state index contributed by atoms with van der Waals surface area (Å²) >= 11 is 0. The normalized spacial score (nSPS) is 20.2. The predicted octanol–water partition coefficient (Wildman–Crippen LogP) is 3.26. The standard InChI is InChI=1S/C17H17F2N3O/c1-23-11-5-2-4-10(8-11)21-17(20)22-15-9-12(15)16-13(18)6-3-7-14(16)19/h2-8,12,15H,9H2,1H3,(H3,20,21,22). The molecule has 0 amide bonds. The average molecular weight is 317 g/mol. The van der Waals surface area contributed by atoms with Crippen LogP contribution in [-0.2, 0) is 0 Å².